The van der Waals surface area contributed by atoms with Crippen LogP contribution in [0.25, 0.3) is 5.76 Å². The van der Waals surface area contributed by atoms with E-state index >= 15 is 0 Å². The molecule has 5 nitrogen and oxygen atoms in total. The number of aliphatic hydroxyl groups excluding tert-OH is 1. The molecule has 0 spiro atoms. The Morgan fingerprint density at radius 1 is 1.13 bits per heavy atom. The number of hydrogen-bond donors (Lipinski definition) is 1. The van der Waals surface area contributed by atoms with Crippen LogP contribution in [-0.4, -0.2) is 28.8 Å². The second-order valence-electron chi connectivity index (χ2n) is 6.77. The van der Waals surface area contributed by atoms with Crippen molar-refractivity contribution in [3.8, 4) is 5.75 Å². The largest absolute Gasteiger partial charge is 0.507 e. The van der Waals surface area contributed by atoms with Gasteiger partial charge in [0.05, 0.1) is 29.7 Å². The summed E-state index contributed by atoms with van der Waals surface area (Å²) in [6.07, 6.45) is 0. The molecule has 4 rings (SSSR count). The highest BCUT2D eigenvalue weighted by molar-refractivity contribution is 9.10. The van der Waals surface area contributed by atoms with Gasteiger partial charge in [0.25, 0.3) is 11.7 Å². The average Bonchev–Trinajstić information content (AvgIpc) is 3.36. The zero-order valence-corrected chi connectivity index (χ0v) is 18.4. The van der Waals surface area contributed by atoms with Gasteiger partial charge in [-0.1, -0.05) is 36.4 Å². The Morgan fingerprint density at radius 2 is 1.90 bits per heavy atom. The monoisotopic (exact) mass is 483 g/mol. The molecule has 3 aromatic rings. The summed E-state index contributed by atoms with van der Waals surface area (Å²) in [7, 11) is 1.55. The number of rotatable bonds is 5. The highest BCUT2D eigenvalue weighted by atomic mass is 79.9. The predicted molar refractivity (Wildman–Crippen MR) is 119 cm³/mol. The molecule has 0 radical (unpaired) electrons. The molecule has 1 N–H and O–H groups in total. The van der Waals surface area contributed by atoms with Crippen LogP contribution in [0.1, 0.15) is 22.0 Å². The van der Waals surface area contributed by atoms with Crippen molar-refractivity contribution in [3.63, 3.8) is 0 Å². The third-order valence-corrected chi connectivity index (χ3v) is 6.47. The Bertz CT molecular complexity index is 1130. The highest BCUT2D eigenvalue weighted by Crippen LogP contribution is 2.41. The van der Waals surface area contributed by atoms with Crippen LogP contribution in [0.15, 0.2) is 76.1 Å². The van der Waals surface area contributed by atoms with Crippen LogP contribution in [0.3, 0.4) is 0 Å². The van der Waals surface area contributed by atoms with Gasteiger partial charge in [0, 0.05) is 10.4 Å². The summed E-state index contributed by atoms with van der Waals surface area (Å²) in [4.78, 5) is 28.4. The molecule has 1 unspecified atom stereocenters. The topological polar surface area (TPSA) is 66.8 Å². The normalized spacial score (nSPS) is 18.1. The molecule has 1 fully saturated rings. The van der Waals surface area contributed by atoms with Gasteiger partial charge in [0.1, 0.15) is 11.5 Å². The van der Waals surface area contributed by atoms with Crippen molar-refractivity contribution in [3.05, 3.63) is 92.1 Å². The van der Waals surface area contributed by atoms with Crippen molar-refractivity contribution in [2.24, 2.45) is 0 Å². The number of aliphatic hydroxyl groups is 1. The lowest BCUT2D eigenvalue weighted by Gasteiger charge is -2.25. The quantitative estimate of drug-likeness (QED) is 0.310. The van der Waals surface area contributed by atoms with Gasteiger partial charge < -0.3 is 14.7 Å². The molecular weight excluding hydrogens is 466 g/mol. The maximum Gasteiger partial charge on any atom is 0.295 e. The van der Waals surface area contributed by atoms with Crippen molar-refractivity contribution in [1.82, 2.24) is 4.90 Å². The fourth-order valence-electron chi connectivity index (χ4n) is 3.56. The maximum atomic E-state index is 13.0. The Hall–Kier alpha value is -2.90. The number of nitrogens with zero attached hydrogens (tertiary/aromatic N) is 1. The number of likely N-dealkylation sites (tertiary alicyclic amines) is 1. The van der Waals surface area contributed by atoms with Gasteiger partial charge in [-0.15, -0.1) is 11.3 Å². The molecule has 1 aromatic heterocycles. The summed E-state index contributed by atoms with van der Waals surface area (Å²) in [5.74, 6) is -0.917. The smallest absolute Gasteiger partial charge is 0.295 e. The number of methoxy groups -OCH3 is 1. The van der Waals surface area contributed by atoms with Crippen LogP contribution < -0.4 is 4.74 Å². The van der Waals surface area contributed by atoms with Crippen molar-refractivity contribution in [2.75, 3.05) is 7.11 Å². The Morgan fingerprint density at radius 3 is 2.53 bits per heavy atom. The lowest BCUT2D eigenvalue weighted by atomic mass is 9.95. The van der Waals surface area contributed by atoms with Crippen LogP contribution in [0.2, 0.25) is 0 Å². The maximum absolute atomic E-state index is 13.0. The van der Waals surface area contributed by atoms with Gasteiger partial charge in [0.15, 0.2) is 0 Å². The highest BCUT2D eigenvalue weighted by Gasteiger charge is 2.46. The molecular formula is C23H18BrNO4S. The van der Waals surface area contributed by atoms with E-state index in [-0.39, 0.29) is 11.3 Å². The minimum atomic E-state index is -0.690. The van der Waals surface area contributed by atoms with Gasteiger partial charge in [-0.3, -0.25) is 9.59 Å². The number of hydrogen-bond acceptors (Lipinski definition) is 5. The number of benzene rings is 2. The standard InChI is InChI=1S/C23H18BrNO4S/c1-29-18-10-9-15(12-17(18)24)21(26)19-20(14-6-3-2-4-7-14)25(23(28)22(19)27)13-16-8-5-11-30-16/h2-12,20,26H,13H2,1H3/b21-19-. The summed E-state index contributed by atoms with van der Waals surface area (Å²) in [6.45, 7) is 0.297. The average molecular weight is 484 g/mol. The van der Waals surface area contributed by atoms with Gasteiger partial charge in [0.2, 0.25) is 0 Å². The molecule has 1 saturated heterocycles. The van der Waals surface area contributed by atoms with Crippen molar-refractivity contribution < 1.29 is 19.4 Å². The second kappa shape index (κ2) is 8.45. The Kier molecular flexibility index (Phi) is 5.74. The van der Waals surface area contributed by atoms with E-state index in [0.717, 1.165) is 10.4 Å². The lowest BCUT2D eigenvalue weighted by molar-refractivity contribution is -0.140. The van der Waals surface area contributed by atoms with Crippen molar-refractivity contribution in [1.29, 1.82) is 0 Å². The zero-order valence-electron chi connectivity index (χ0n) is 16.0. The first-order valence-electron chi connectivity index (χ1n) is 9.21. The molecule has 2 heterocycles. The molecule has 1 aliphatic rings. The van der Waals surface area contributed by atoms with Crippen LogP contribution in [0, 0.1) is 0 Å². The first kappa shape index (κ1) is 20.4. The van der Waals surface area contributed by atoms with Crippen LogP contribution in [-0.2, 0) is 16.1 Å². The zero-order chi connectivity index (χ0) is 21.3. The first-order chi connectivity index (χ1) is 14.5. The van der Waals surface area contributed by atoms with E-state index in [1.807, 2.05) is 47.8 Å². The lowest BCUT2D eigenvalue weighted by Crippen LogP contribution is -2.28. The van der Waals surface area contributed by atoms with E-state index in [1.165, 1.54) is 16.2 Å². The van der Waals surface area contributed by atoms with E-state index in [4.69, 9.17) is 4.74 Å². The fourth-order valence-corrected chi connectivity index (χ4v) is 4.81. The number of ketones is 1. The van der Waals surface area contributed by atoms with E-state index < -0.39 is 17.7 Å². The van der Waals surface area contributed by atoms with E-state index in [0.29, 0.717) is 22.3 Å². The van der Waals surface area contributed by atoms with Gasteiger partial charge in [-0.25, -0.2) is 0 Å². The van der Waals surface area contributed by atoms with E-state index in [1.54, 1.807) is 25.3 Å². The SMILES string of the molecule is COc1ccc(/C(O)=C2/C(=O)C(=O)N(Cc3cccs3)C2c2ccccc2)cc1Br. The molecule has 1 atom stereocenters. The second-order valence-corrected chi connectivity index (χ2v) is 8.65. The number of Topliss-reactive ketones (excluding diaryl/α,β-unsaturated/α-hetero) is 1. The minimum Gasteiger partial charge on any atom is -0.507 e. The molecule has 1 amide bonds. The summed E-state index contributed by atoms with van der Waals surface area (Å²) >= 11 is 4.92. The molecule has 0 aliphatic carbocycles. The summed E-state index contributed by atoms with van der Waals surface area (Å²) < 4.78 is 5.87. The first-order valence-corrected chi connectivity index (χ1v) is 10.9. The third-order valence-electron chi connectivity index (χ3n) is 4.99. The Balaban J connectivity index is 1.85. The molecule has 1 aliphatic heterocycles. The van der Waals surface area contributed by atoms with E-state index in [2.05, 4.69) is 15.9 Å². The minimum absolute atomic E-state index is 0.0832. The van der Waals surface area contributed by atoms with E-state index in [9.17, 15) is 14.7 Å². The van der Waals surface area contributed by atoms with Crippen LogP contribution >= 0.6 is 27.3 Å². The molecule has 30 heavy (non-hydrogen) atoms. The van der Waals surface area contributed by atoms with Crippen LogP contribution in [0.5, 0.6) is 5.75 Å². The van der Waals surface area contributed by atoms with Gasteiger partial charge in [-0.2, -0.15) is 0 Å². The molecule has 7 heteroatoms. The Labute approximate surface area is 186 Å². The molecule has 2 aromatic carbocycles. The van der Waals surface area contributed by atoms with Gasteiger partial charge in [-0.05, 0) is 51.1 Å². The fraction of sp³-hybridized carbons (Fsp3) is 0.130. The molecule has 0 saturated carbocycles. The molecule has 152 valence electrons. The summed E-state index contributed by atoms with van der Waals surface area (Å²) in [6, 6.07) is 17.5. The van der Waals surface area contributed by atoms with Gasteiger partial charge >= 0.3 is 0 Å². The number of halogens is 1. The van der Waals surface area contributed by atoms with Crippen molar-refractivity contribution in [2.45, 2.75) is 12.6 Å². The summed E-state index contributed by atoms with van der Waals surface area (Å²) in [5, 5.41) is 13.0. The number of amides is 1. The number of thiophene rings is 1. The third kappa shape index (κ3) is 3.66. The van der Waals surface area contributed by atoms with Crippen LogP contribution in [0.4, 0.5) is 0 Å². The van der Waals surface area contributed by atoms with Crippen molar-refractivity contribution >= 4 is 44.7 Å². The number of ether oxygens (including phenoxy) is 1. The molecule has 0 bridgehead atoms. The number of carbonyl (C=O) groups excluding carboxylic acids is 2. The predicted octanol–water partition coefficient (Wildman–Crippen LogP) is 5.14. The summed E-state index contributed by atoms with van der Waals surface area (Å²) in [5.41, 5.74) is 1.28. The number of carbonyl (C=O) groups is 2.